The lowest BCUT2D eigenvalue weighted by atomic mass is 9.70. The molecule has 0 heterocycles. The Morgan fingerprint density at radius 3 is 2.52 bits per heavy atom. The number of Topliss-reactive ketones (excluding diaryl/α,β-unsaturated/α-hetero) is 1. The van der Waals surface area contributed by atoms with Crippen LogP contribution in [-0.2, 0) is 11.2 Å². The van der Waals surface area contributed by atoms with E-state index in [1.54, 1.807) is 7.11 Å². The maximum absolute atomic E-state index is 13.0. The highest BCUT2D eigenvalue weighted by Crippen LogP contribution is 2.47. The van der Waals surface area contributed by atoms with Crippen LogP contribution < -0.4 is 0 Å². The van der Waals surface area contributed by atoms with Gasteiger partial charge in [-0.25, -0.2) is 0 Å². The van der Waals surface area contributed by atoms with E-state index in [1.807, 2.05) is 6.07 Å². The van der Waals surface area contributed by atoms with E-state index in [-0.39, 0.29) is 10.8 Å². The molecule has 0 aromatic heterocycles. The average molecular weight is 310 g/mol. The number of benzene rings is 1. The summed E-state index contributed by atoms with van der Waals surface area (Å²) in [7, 11) is 1.77. The number of hydrogen-bond donors (Lipinski definition) is 0. The van der Waals surface area contributed by atoms with Crippen LogP contribution in [0.1, 0.15) is 67.9 Å². The van der Waals surface area contributed by atoms with E-state index in [9.17, 15) is 4.79 Å². The molecule has 2 aliphatic carbocycles. The first kappa shape index (κ1) is 16.3. The molecule has 1 aromatic rings. The fourth-order valence-corrected chi connectivity index (χ4v) is 3.79. The van der Waals surface area contributed by atoms with Gasteiger partial charge in [-0.1, -0.05) is 17.9 Å². The van der Waals surface area contributed by atoms with E-state index in [1.165, 1.54) is 5.56 Å². The number of rotatable bonds is 1. The van der Waals surface area contributed by atoms with Gasteiger partial charge >= 0.3 is 0 Å². The van der Waals surface area contributed by atoms with Gasteiger partial charge < -0.3 is 4.74 Å². The molecular weight excluding hydrogens is 284 g/mol. The Hall–Kier alpha value is -1.59. The van der Waals surface area contributed by atoms with Gasteiger partial charge in [-0.3, -0.25) is 4.79 Å². The van der Waals surface area contributed by atoms with Crippen molar-refractivity contribution in [1.82, 2.24) is 0 Å². The molecule has 1 aromatic carbocycles. The number of carbonyl (C=O) groups is 1. The van der Waals surface area contributed by atoms with Gasteiger partial charge in [0.2, 0.25) is 0 Å². The van der Waals surface area contributed by atoms with Crippen molar-refractivity contribution in [2.75, 3.05) is 7.11 Å². The Balaban J connectivity index is 1.85. The molecule has 0 saturated heterocycles. The van der Waals surface area contributed by atoms with Gasteiger partial charge in [0.05, 0.1) is 6.10 Å². The molecule has 23 heavy (non-hydrogen) atoms. The summed E-state index contributed by atoms with van der Waals surface area (Å²) in [4.78, 5) is 13.0. The number of fused-ring (bicyclic) bond motifs is 1. The minimum Gasteiger partial charge on any atom is -0.381 e. The highest BCUT2D eigenvalue weighted by Gasteiger charge is 2.47. The first-order valence-electron chi connectivity index (χ1n) is 8.57. The predicted molar refractivity (Wildman–Crippen MR) is 92.5 cm³/mol. The van der Waals surface area contributed by atoms with Crippen LogP contribution in [0.4, 0.5) is 0 Å². The molecule has 122 valence electrons. The number of hydrogen-bond acceptors (Lipinski definition) is 2. The third-order valence-corrected chi connectivity index (χ3v) is 5.17. The number of ether oxygens (including phenoxy) is 1. The van der Waals surface area contributed by atoms with Crippen LogP contribution in [0.3, 0.4) is 0 Å². The van der Waals surface area contributed by atoms with E-state index in [0.29, 0.717) is 11.9 Å². The molecule has 2 nitrogen and oxygen atoms in total. The lowest BCUT2D eigenvalue weighted by Crippen LogP contribution is -2.35. The van der Waals surface area contributed by atoms with E-state index in [4.69, 9.17) is 4.74 Å². The first-order chi connectivity index (χ1) is 10.8. The normalized spacial score (nSPS) is 26.8. The summed E-state index contributed by atoms with van der Waals surface area (Å²) in [6.45, 7) is 6.30. The number of methoxy groups -OCH3 is 1. The zero-order valence-electron chi connectivity index (χ0n) is 14.7. The van der Waals surface area contributed by atoms with E-state index < -0.39 is 0 Å². The molecule has 0 radical (unpaired) electrons. The Kier molecular flexibility index (Phi) is 4.10. The van der Waals surface area contributed by atoms with Gasteiger partial charge in [-0.05, 0) is 70.6 Å². The molecular formula is C21H26O2. The maximum atomic E-state index is 13.0. The largest absolute Gasteiger partial charge is 0.381 e. The summed E-state index contributed by atoms with van der Waals surface area (Å²) >= 11 is 0. The van der Waals surface area contributed by atoms with Crippen LogP contribution in [0.5, 0.6) is 0 Å². The molecule has 0 N–H and O–H groups in total. The van der Waals surface area contributed by atoms with E-state index in [0.717, 1.165) is 43.2 Å². The number of carbonyl (C=O) groups excluding carboxylic acids is 1. The molecule has 0 amide bonds. The summed E-state index contributed by atoms with van der Waals surface area (Å²) in [6.07, 6.45) is 5.10. The third-order valence-electron chi connectivity index (χ3n) is 5.17. The second-order valence-electron chi connectivity index (χ2n) is 8.09. The fourth-order valence-electron chi connectivity index (χ4n) is 3.79. The van der Waals surface area contributed by atoms with E-state index in [2.05, 4.69) is 44.7 Å². The Morgan fingerprint density at radius 1 is 1.22 bits per heavy atom. The maximum Gasteiger partial charge on any atom is 0.169 e. The zero-order valence-corrected chi connectivity index (χ0v) is 14.7. The van der Waals surface area contributed by atoms with Gasteiger partial charge in [-0.15, -0.1) is 0 Å². The van der Waals surface area contributed by atoms with Crippen molar-refractivity contribution in [3.05, 3.63) is 34.9 Å². The SMILES string of the molecule is COC1CCC2(CC1)Cc1ccc(C#CC(C)(C)C)cc1C2=O. The van der Waals surface area contributed by atoms with Crippen molar-refractivity contribution in [2.45, 2.75) is 59.0 Å². The molecule has 1 fully saturated rings. The van der Waals surface area contributed by atoms with Crippen molar-refractivity contribution < 1.29 is 9.53 Å². The van der Waals surface area contributed by atoms with Crippen LogP contribution >= 0.6 is 0 Å². The van der Waals surface area contributed by atoms with Gasteiger partial charge in [-0.2, -0.15) is 0 Å². The topological polar surface area (TPSA) is 26.3 Å². The summed E-state index contributed by atoms with van der Waals surface area (Å²) < 4.78 is 5.46. The second kappa shape index (κ2) is 5.80. The lowest BCUT2D eigenvalue weighted by Gasteiger charge is -2.35. The standard InChI is InChI=1S/C21H26O2/c1-20(2,3)10-7-15-5-6-16-14-21(19(22)18(16)13-15)11-8-17(23-4)9-12-21/h5-6,13,17H,8-9,11-12,14H2,1-4H3. The molecule has 0 aliphatic heterocycles. The smallest absolute Gasteiger partial charge is 0.169 e. The van der Waals surface area contributed by atoms with Crippen molar-refractivity contribution in [3.63, 3.8) is 0 Å². The molecule has 0 unspecified atom stereocenters. The monoisotopic (exact) mass is 310 g/mol. The van der Waals surface area contributed by atoms with Crippen LogP contribution in [0.2, 0.25) is 0 Å². The Bertz CT molecular complexity index is 674. The van der Waals surface area contributed by atoms with E-state index >= 15 is 0 Å². The summed E-state index contributed by atoms with van der Waals surface area (Å²) in [5.41, 5.74) is 2.86. The summed E-state index contributed by atoms with van der Waals surface area (Å²) in [6, 6.07) is 6.18. The van der Waals surface area contributed by atoms with Gasteiger partial charge in [0.1, 0.15) is 0 Å². The van der Waals surface area contributed by atoms with Crippen LogP contribution in [0.15, 0.2) is 18.2 Å². The summed E-state index contributed by atoms with van der Waals surface area (Å²) in [5.74, 6) is 6.81. The van der Waals surface area contributed by atoms with Crippen molar-refractivity contribution >= 4 is 5.78 Å². The minimum atomic E-state index is -0.173. The first-order valence-corrected chi connectivity index (χ1v) is 8.57. The summed E-state index contributed by atoms with van der Waals surface area (Å²) in [5, 5.41) is 0. The minimum absolute atomic E-state index is 0.0250. The molecule has 2 aliphatic rings. The highest BCUT2D eigenvalue weighted by atomic mass is 16.5. The van der Waals surface area contributed by atoms with Gasteiger partial charge in [0, 0.05) is 29.1 Å². The van der Waals surface area contributed by atoms with Gasteiger partial charge in [0.25, 0.3) is 0 Å². The molecule has 0 bridgehead atoms. The van der Waals surface area contributed by atoms with Crippen molar-refractivity contribution in [3.8, 4) is 11.8 Å². The van der Waals surface area contributed by atoms with Gasteiger partial charge in [0.15, 0.2) is 5.78 Å². The van der Waals surface area contributed by atoms with Crippen molar-refractivity contribution in [1.29, 1.82) is 0 Å². The predicted octanol–water partition coefficient (Wildman–Crippen LogP) is 4.40. The fraction of sp³-hybridized carbons (Fsp3) is 0.571. The van der Waals surface area contributed by atoms with Crippen LogP contribution in [0, 0.1) is 22.7 Å². The van der Waals surface area contributed by atoms with Crippen LogP contribution in [-0.4, -0.2) is 19.0 Å². The van der Waals surface area contributed by atoms with Crippen LogP contribution in [0.25, 0.3) is 0 Å². The lowest BCUT2D eigenvalue weighted by molar-refractivity contribution is 0.0285. The third kappa shape index (κ3) is 3.21. The second-order valence-corrected chi connectivity index (χ2v) is 8.09. The zero-order chi connectivity index (χ0) is 16.7. The molecule has 1 spiro atoms. The molecule has 2 heteroatoms. The molecule has 3 rings (SSSR count). The quantitative estimate of drug-likeness (QED) is 0.719. The van der Waals surface area contributed by atoms with Crippen molar-refractivity contribution in [2.24, 2.45) is 10.8 Å². The highest BCUT2D eigenvalue weighted by molar-refractivity contribution is 6.05. The molecule has 0 atom stereocenters. The Morgan fingerprint density at radius 2 is 1.91 bits per heavy atom. The number of ketones is 1. The molecule has 1 saturated carbocycles. The average Bonchev–Trinajstić information content (AvgIpc) is 2.78. The Labute approximate surface area is 139 Å².